The minimum atomic E-state index is -0.479. The number of amides is 2. The molecule has 0 radical (unpaired) electrons. The van der Waals surface area contributed by atoms with Crippen LogP contribution in [-0.4, -0.2) is 66.3 Å². The molecule has 22 heavy (non-hydrogen) atoms. The molecule has 6 heteroatoms. The van der Waals surface area contributed by atoms with Crippen molar-refractivity contribution in [1.82, 2.24) is 9.80 Å². The Hall–Kier alpha value is -1.30. The third kappa shape index (κ3) is 4.35. The van der Waals surface area contributed by atoms with Crippen LogP contribution in [0.1, 0.15) is 46.5 Å². The molecule has 126 valence electrons. The molecule has 0 aromatic heterocycles. The maximum atomic E-state index is 12.3. The molecule has 2 aliphatic rings. The highest BCUT2D eigenvalue weighted by Gasteiger charge is 2.34. The highest BCUT2D eigenvalue weighted by atomic mass is 16.6. The molecule has 0 aliphatic carbocycles. The number of hydrogen-bond acceptors (Lipinski definition) is 4. The van der Waals surface area contributed by atoms with E-state index in [2.05, 4.69) is 6.92 Å². The number of carbonyl (C=O) groups excluding carboxylic acids is 2. The van der Waals surface area contributed by atoms with Crippen LogP contribution in [0.15, 0.2) is 0 Å². The molecule has 2 saturated heterocycles. The number of hydrogen-bond donors (Lipinski definition) is 0. The zero-order chi connectivity index (χ0) is 16.2. The van der Waals surface area contributed by atoms with E-state index < -0.39 is 5.60 Å². The Morgan fingerprint density at radius 1 is 1.32 bits per heavy atom. The third-order valence-electron chi connectivity index (χ3n) is 4.36. The van der Waals surface area contributed by atoms with Crippen LogP contribution in [0, 0.1) is 0 Å². The fourth-order valence-corrected chi connectivity index (χ4v) is 3.18. The summed E-state index contributed by atoms with van der Waals surface area (Å²) in [6.45, 7) is 8.57. The van der Waals surface area contributed by atoms with Crippen LogP contribution in [0.5, 0.6) is 0 Å². The van der Waals surface area contributed by atoms with Crippen molar-refractivity contribution in [2.45, 2.75) is 58.1 Å². The molecule has 2 amide bonds. The molecule has 0 bridgehead atoms. The van der Waals surface area contributed by atoms with Crippen LogP contribution in [0.25, 0.3) is 0 Å². The molecule has 2 rings (SSSR count). The van der Waals surface area contributed by atoms with Crippen molar-refractivity contribution in [3.8, 4) is 0 Å². The third-order valence-corrected chi connectivity index (χ3v) is 4.36. The van der Waals surface area contributed by atoms with Crippen LogP contribution in [0.2, 0.25) is 0 Å². The summed E-state index contributed by atoms with van der Waals surface area (Å²) in [6, 6.07) is 0.260. The number of nitrogens with zero attached hydrogens (tertiary/aromatic N) is 2. The Morgan fingerprint density at radius 2 is 2.00 bits per heavy atom. The van der Waals surface area contributed by atoms with E-state index in [4.69, 9.17) is 9.47 Å². The molecule has 2 fully saturated rings. The highest BCUT2D eigenvalue weighted by Crippen LogP contribution is 2.21. The first-order chi connectivity index (χ1) is 10.4. The summed E-state index contributed by atoms with van der Waals surface area (Å²) in [4.78, 5) is 28.0. The van der Waals surface area contributed by atoms with E-state index >= 15 is 0 Å². The quantitative estimate of drug-likeness (QED) is 0.797. The van der Waals surface area contributed by atoms with Crippen LogP contribution in [0.4, 0.5) is 4.79 Å². The normalized spacial score (nSPS) is 21.1. The zero-order valence-corrected chi connectivity index (χ0v) is 14.0. The predicted octanol–water partition coefficient (Wildman–Crippen LogP) is 2.02. The maximum absolute atomic E-state index is 12.3. The van der Waals surface area contributed by atoms with Gasteiger partial charge in [-0.25, -0.2) is 4.79 Å². The highest BCUT2D eigenvalue weighted by molar-refractivity contribution is 5.83. The number of piperazine rings is 1. The van der Waals surface area contributed by atoms with E-state index in [-0.39, 0.29) is 24.6 Å². The SMILES string of the molecule is CCCC(C)(C)OC(=O)N1CCN(C2CCOCC2)C(=O)C1. The first-order valence-corrected chi connectivity index (χ1v) is 8.28. The fraction of sp³-hybridized carbons (Fsp3) is 0.875. The van der Waals surface area contributed by atoms with Gasteiger partial charge in [0.25, 0.3) is 0 Å². The monoisotopic (exact) mass is 312 g/mol. The van der Waals surface area contributed by atoms with Crippen LogP contribution >= 0.6 is 0 Å². The van der Waals surface area contributed by atoms with Gasteiger partial charge in [-0.2, -0.15) is 0 Å². The molecule has 0 spiro atoms. The van der Waals surface area contributed by atoms with E-state index in [9.17, 15) is 9.59 Å². The summed E-state index contributed by atoms with van der Waals surface area (Å²) in [7, 11) is 0. The van der Waals surface area contributed by atoms with Crippen molar-refractivity contribution in [2.75, 3.05) is 32.8 Å². The minimum Gasteiger partial charge on any atom is -0.443 e. The topological polar surface area (TPSA) is 59.1 Å². The van der Waals surface area contributed by atoms with Gasteiger partial charge in [-0.1, -0.05) is 13.3 Å². The van der Waals surface area contributed by atoms with Gasteiger partial charge in [0.2, 0.25) is 5.91 Å². The fourth-order valence-electron chi connectivity index (χ4n) is 3.18. The van der Waals surface area contributed by atoms with Gasteiger partial charge in [-0.05, 0) is 33.1 Å². The molecule has 0 N–H and O–H groups in total. The van der Waals surface area contributed by atoms with Crippen molar-refractivity contribution in [3.05, 3.63) is 0 Å². The van der Waals surface area contributed by atoms with Crippen molar-refractivity contribution in [3.63, 3.8) is 0 Å². The molecule has 2 heterocycles. The summed E-state index contributed by atoms with van der Waals surface area (Å²) in [6.07, 6.45) is 3.17. The van der Waals surface area contributed by atoms with Gasteiger partial charge in [0.1, 0.15) is 12.1 Å². The van der Waals surface area contributed by atoms with E-state index in [1.807, 2.05) is 18.7 Å². The summed E-state index contributed by atoms with van der Waals surface area (Å²) in [5.41, 5.74) is -0.479. The second-order valence-electron chi connectivity index (χ2n) is 6.73. The van der Waals surface area contributed by atoms with Gasteiger partial charge in [0.15, 0.2) is 0 Å². The van der Waals surface area contributed by atoms with Gasteiger partial charge in [0, 0.05) is 32.3 Å². The molecular weight excluding hydrogens is 284 g/mol. The molecule has 0 aromatic rings. The average molecular weight is 312 g/mol. The van der Waals surface area contributed by atoms with E-state index in [1.54, 1.807) is 0 Å². The van der Waals surface area contributed by atoms with E-state index in [0.29, 0.717) is 26.3 Å². The molecule has 0 saturated carbocycles. The van der Waals surface area contributed by atoms with Gasteiger partial charge in [-0.3, -0.25) is 9.69 Å². The molecule has 2 aliphatic heterocycles. The smallest absolute Gasteiger partial charge is 0.410 e. The van der Waals surface area contributed by atoms with Gasteiger partial charge in [0.05, 0.1) is 0 Å². The Morgan fingerprint density at radius 3 is 2.59 bits per heavy atom. The van der Waals surface area contributed by atoms with Crippen LogP contribution < -0.4 is 0 Å². The predicted molar refractivity (Wildman–Crippen MR) is 82.6 cm³/mol. The summed E-state index contributed by atoms with van der Waals surface area (Å²) < 4.78 is 10.9. The summed E-state index contributed by atoms with van der Waals surface area (Å²) in [5, 5.41) is 0. The lowest BCUT2D eigenvalue weighted by molar-refractivity contribution is -0.140. The van der Waals surface area contributed by atoms with E-state index in [0.717, 1.165) is 25.7 Å². The average Bonchev–Trinajstić information content (AvgIpc) is 2.47. The summed E-state index contributed by atoms with van der Waals surface area (Å²) >= 11 is 0. The van der Waals surface area contributed by atoms with Crippen molar-refractivity contribution in [2.24, 2.45) is 0 Å². The Bertz CT molecular complexity index is 405. The second kappa shape index (κ2) is 7.31. The van der Waals surface area contributed by atoms with Crippen LogP contribution in [-0.2, 0) is 14.3 Å². The Balaban J connectivity index is 1.86. The van der Waals surface area contributed by atoms with Crippen molar-refractivity contribution in [1.29, 1.82) is 0 Å². The molecule has 0 unspecified atom stereocenters. The Labute approximate surface area is 132 Å². The number of ether oxygens (including phenoxy) is 2. The summed E-state index contributed by atoms with van der Waals surface area (Å²) in [5.74, 6) is 0.0170. The lowest BCUT2D eigenvalue weighted by Crippen LogP contribution is -2.57. The first-order valence-electron chi connectivity index (χ1n) is 8.28. The lowest BCUT2D eigenvalue weighted by atomic mass is 10.0. The molecule has 0 aromatic carbocycles. The lowest BCUT2D eigenvalue weighted by Gasteiger charge is -2.40. The largest absolute Gasteiger partial charge is 0.443 e. The molecular formula is C16H28N2O4. The number of rotatable bonds is 4. The standard InChI is InChI=1S/C16H28N2O4/c1-4-7-16(2,3)22-15(20)17-8-9-18(14(19)12-17)13-5-10-21-11-6-13/h13H,4-12H2,1-3H3. The molecule has 0 atom stereocenters. The maximum Gasteiger partial charge on any atom is 0.410 e. The zero-order valence-electron chi connectivity index (χ0n) is 14.0. The minimum absolute atomic E-state index is 0.0170. The van der Waals surface area contributed by atoms with Crippen molar-refractivity contribution >= 4 is 12.0 Å². The van der Waals surface area contributed by atoms with Gasteiger partial charge in [-0.15, -0.1) is 0 Å². The van der Waals surface area contributed by atoms with Gasteiger partial charge >= 0.3 is 6.09 Å². The van der Waals surface area contributed by atoms with Gasteiger partial charge < -0.3 is 14.4 Å². The second-order valence-corrected chi connectivity index (χ2v) is 6.73. The van der Waals surface area contributed by atoms with E-state index in [1.165, 1.54) is 4.90 Å². The Kier molecular flexibility index (Phi) is 5.67. The first kappa shape index (κ1) is 17.1. The van der Waals surface area contributed by atoms with Crippen LogP contribution in [0.3, 0.4) is 0 Å². The molecule has 6 nitrogen and oxygen atoms in total. The van der Waals surface area contributed by atoms with Crippen molar-refractivity contribution < 1.29 is 19.1 Å². The number of carbonyl (C=O) groups is 2.